The third-order valence-electron chi connectivity index (χ3n) is 10.8. The molecular formula is C32H34ClFN8O4. The molecular weight excluding hydrogens is 615 g/mol. The molecule has 3 aromatic heterocycles. The second-order valence-electron chi connectivity index (χ2n) is 13.7. The first kappa shape index (κ1) is 28.4. The Bertz CT molecular complexity index is 1870. The molecule has 1 N–H and O–H groups in total. The van der Waals surface area contributed by atoms with E-state index in [9.17, 15) is 9.18 Å². The summed E-state index contributed by atoms with van der Waals surface area (Å²) in [7, 11) is 0. The smallest absolute Gasteiger partial charge is 0.461 e. The number of hydrogen-bond acceptors (Lipinski definition) is 11. The topological polar surface area (TPSA) is 131 Å². The Hall–Kier alpha value is -3.84. The molecule has 12 nitrogen and oxygen atoms in total. The van der Waals surface area contributed by atoms with Crippen molar-refractivity contribution in [1.29, 1.82) is 0 Å². The number of benzene rings is 1. The van der Waals surface area contributed by atoms with E-state index in [1.165, 1.54) is 0 Å². The summed E-state index contributed by atoms with van der Waals surface area (Å²) in [5.74, 6) is 0.668. The standard InChI is InChI=1S/C32H34ClFN8O4/c33-22-9-23-21(14-35-38-23)26-20(22)3-8-44-30(43)46-19-12-31(13-19)4-1-6-41(16-31)28-27-25(10-24(26)39-40-27)36-29(37-28)45-17-32-5-2-7-42(32)15-18(34)11-32/h9-10,14,18-19H,1-8,11-13,15-17H2,(H,35,38)/t18-,19?,31?,32+/m1/s1. The summed E-state index contributed by atoms with van der Waals surface area (Å²) < 4.78 is 32.1. The molecule has 1 saturated carbocycles. The highest BCUT2D eigenvalue weighted by Crippen LogP contribution is 2.50. The maximum atomic E-state index is 14.5. The van der Waals surface area contributed by atoms with Gasteiger partial charge in [0.25, 0.3) is 0 Å². The molecule has 4 aromatic rings. The van der Waals surface area contributed by atoms with Gasteiger partial charge in [-0.05, 0) is 68.2 Å². The number of carbonyl (C=O) groups excluding carboxylic acids is 1. The van der Waals surface area contributed by atoms with E-state index < -0.39 is 12.3 Å². The van der Waals surface area contributed by atoms with Crippen molar-refractivity contribution in [3.63, 3.8) is 0 Å². The van der Waals surface area contributed by atoms with Crippen LogP contribution in [0.15, 0.2) is 18.3 Å². The van der Waals surface area contributed by atoms with Gasteiger partial charge in [-0.1, -0.05) is 11.6 Å². The summed E-state index contributed by atoms with van der Waals surface area (Å²) in [6.07, 6.45) is 6.27. The van der Waals surface area contributed by atoms with Gasteiger partial charge in [-0.25, -0.2) is 9.18 Å². The number of hydrogen-bond donors (Lipinski definition) is 1. The Morgan fingerprint density at radius 3 is 2.93 bits per heavy atom. The molecule has 6 aliphatic heterocycles. The first-order chi connectivity index (χ1) is 22.4. The van der Waals surface area contributed by atoms with Gasteiger partial charge < -0.3 is 19.1 Å². The van der Waals surface area contributed by atoms with E-state index in [0.717, 1.165) is 80.2 Å². The van der Waals surface area contributed by atoms with Crippen molar-refractivity contribution in [2.45, 2.75) is 69.2 Å². The molecule has 7 bridgehead atoms. The molecule has 46 heavy (non-hydrogen) atoms. The minimum Gasteiger partial charge on any atom is -0.461 e. The Balaban J connectivity index is 1.18. The summed E-state index contributed by atoms with van der Waals surface area (Å²) in [6, 6.07) is 3.94. The van der Waals surface area contributed by atoms with Crippen LogP contribution in [0, 0.1) is 5.41 Å². The molecule has 7 aliphatic rings. The number of piperidine rings is 1. The lowest BCUT2D eigenvalue weighted by molar-refractivity contribution is -0.0717. The van der Waals surface area contributed by atoms with Gasteiger partial charge in [-0.3, -0.25) is 10.00 Å². The lowest BCUT2D eigenvalue weighted by Gasteiger charge is -2.52. The number of H-pyrrole nitrogens is 1. The minimum atomic E-state index is -0.849. The molecule has 4 fully saturated rings. The fourth-order valence-corrected chi connectivity index (χ4v) is 9.01. The minimum absolute atomic E-state index is 0.00274. The number of ether oxygens (including phenoxy) is 3. The van der Waals surface area contributed by atoms with E-state index in [0.29, 0.717) is 53.6 Å². The van der Waals surface area contributed by atoms with E-state index >= 15 is 0 Å². The van der Waals surface area contributed by atoms with Gasteiger partial charge in [-0.15, -0.1) is 10.2 Å². The van der Waals surface area contributed by atoms with E-state index in [4.69, 9.17) is 46.0 Å². The molecule has 11 rings (SSSR count). The first-order valence-corrected chi connectivity index (χ1v) is 16.6. The Labute approximate surface area is 268 Å². The fourth-order valence-electron chi connectivity index (χ4n) is 8.71. The summed E-state index contributed by atoms with van der Waals surface area (Å²) >= 11 is 6.81. The number of alkyl halides is 1. The maximum absolute atomic E-state index is 14.5. The van der Waals surface area contributed by atoms with E-state index in [-0.39, 0.29) is 29.7 Å². The number of aromatic nitrogens is 6. The van der Waals surface area contributed by atoms with E-state index in [2.05, 4.69) is 20.0 Å². The first-order valence-electron chi connectivity index (χ1n) is 16.2. The number of anilines is 1. The molecule has 9 heterocycles. The van der Waals surface area contributed by atoms with Crippen LogP contribution < -0.4 is 9.64 Å². The van der Waals surface area contributed by atoms with Crippen molar-refractivity contribution in [2.75, 3.05) is 44.3 Å². The summed E-state index contributed by atoms with van der Waals surface area (Å²) in [4.78, 5) is 26.9. The van der Waals surface area contributed by atoms with Crippen molar-refractivity contribution >= 4 is 45.5 Å². The fraction of sp³-hybridized carbons (Fsp3) is 0.562. The SMILES string of the molecule is O=C1OCCc2c(Cl)cc3[nH]ncc3c2-c2cc3nc(OC[C@@]45CCCN4C[C@H](F)C5)nc(c3nn2)N2CCCC3(CC(C3)O1)C2. The predicted molar refractivity (Wildman–Crippen MR) is 167 cm³/mol. The maximum Gasteiger partial charge on any atom is 0.508 e. The zero-order valence-corrected chi connectivity index (χ0v) is 26.1. The van der Waals surface area contributed by atoms with Gasteiger partial charge in [0.2, 0.25) is 0 Å². The van der Waals surface area contributed by atoms with Gasteiger partial charge in [0.1, 0.15) is 24.4 Å². The van der Waals surface area contributed by atoms with Crippen molar-refractivity contribution in [2.24, 2.45) is 5.41 Å². The largest absolute Gasteiger partial charge is 0.508 e. The van der Waals surface area contributed by atoms with Crippen LogP contribution in [0.25, 0.3) is 33.2 Å². The molecule has 1 aliphatic carbocycles. The van der Waals surface area contributed by atoms with Crippen molar-refractivity contribution in [3.05, 3.63) is 28.9 Å². The van der Waals surface area contributed by atoms with E-state index in [1.54, 1.807) is 6.20 Å². The molecule has 3 saturated heterocycles. The van der Waals surface area contributed by atoms with Gasteiger partial charge in [0, 0.05) is 48.4 Å². The Morgan fingerprint density at radius 1 is 1.13 bits per heavy atom. The van der Waals surface area contributed by atoms with Gasteiger partial charge in [0.15, 0.2) is 11.3 Å². The van der Waals surface area contributed by atoms with Gasteiger partial charge in [0.05, 0.1) is 29.6 Å². The molecule has 240 valence electrons. The number of carbonyl (C=O) groups is 1. The van der Waals surface area contributed by atoms with Crippen LogP contribution in [-0.4, -0.2) is 98.6 Å². The zero-order chi connectivity index (χ0) is 31.0. The predicted octanol–water partition coefficient (Wildman–Crippen LogP) is 5.03. The third kappa shape index (κ3) is 4.64. The van der Waals surface area contributed by atoms with Crippen molar-refractivity contribution < 1.29 is 23.4 Å². The Kier molecular flexibility index (Phi) is 6.54. The van der Waals surface area contributed by atoms with Crippen LogP contribution in [0.1, 0.15) is 50.5 Å². The number of fused-ring (bicyclic) bond motifs is 2. The molecule has 0 unspecified atom stereocenters. The second-order valence-corrected chi connectivity index (χ2v) is 14.1. The second kappa shape index (κ2) is 10.6. The lowest BCUT2D eigenvalue weighted by atomic mass is 9.62. The number of nitrogens with zero attached hydrogens (tertiary/aromatic N) is 7. The average molecular weight is 649 g/mol. The summed E-state index contributed by atoms with van der Waals surface area (Å²) in [5, 5.41) is 18.0. The number of nitrogens with one attached hydrogen (secondary N) is 1. The van der Waals surface area contributed by atoms with E-state index in [1.807, 2.05) is 12.1 Å². The highest BCUT2D eigenvalue weighted by atomic mass is 35.5. The zero-order valence-electron chi connectivity index (χ0n) is 25.3. The third-order valence-corrected chi connectivity index (χ3v) is 11.1. The molecule has 0 amide bonds. The van der Waals surface area contributed by atoms with Crippen LogP contribution >= 0.6 is 11.6 Å². The highest BCUT2D eigenvalue weighted by Gasteiger charge is 2.50. The monoisotopic (exact) mass is 648 g/mol. The van der Waals surface area contributed by atoms with Crippen LogP contribution in [0.4, 0.5) is 15.0 Å². The quantitative estimate of drug-likeness (QED) is 0.300. The van der Waals surface area contributed by atoms with Crippen LogP contribution in [0.5, 0.6) is 6.01 Å². The number of aromatic amines is 1. The highest BCUT2D eigenvalue weighted by molar-refractivity contribution is 6.33. The molecule has 1 aromatic carbocycles. The van der Waals surface area contributed by atoms with Gasteiger partial charge >= 0.3 is 12.2 Å². The number of rotatable bonds is 3. The Morgan fingerprint density at radius 2 is 2.02 bits per heavy atom. The molecule has 2 atom stereocenters. The molecule has 0 radical (unpaired) electrons. The van der Waals surface area contributed by atoms with Crippen molar-refractivity contribution in [1.82, 2.24) is 35.3 Å². The lowest BCUT2D eigenvalue weighted by Crippen LogP contribution is -2.53. The normalized spacial score (nSPS) is 29.3. The van der Waals surface area contributed by atoms with Crippen molar-refractivity contribution in [3.8, 4) is 17.3 Å². The van der Waals surface area contributed by atoms with Gasteiger partial charge in [-0.2, -0.15) is 15.1 Å². The number of halogens is 2. The summed E-state index contributed by atoms with van der Waals surface area (Å²) in [6.45, 7) is 3.28. The molecule has 1 spiro atoms. The van der Waals surface area contributed by atoms with Crippen LogP contribution in [0.2, 0.25) is 5.02 Å². The van der Waals surface area contributed by atoms with Crippen LogP contribution in [0.3, 0.4) is 0 Å². The average Bonchev–Trinajstić information content (AvgIpc) is 3.72. The molecule has 14 heteroatoms. The van der Waals surface area contributed by atoms with Crippen LogP contribution in [-0.2, 0) is 15.9 Å². The summed E-state index contributed by atoms with van der Waals surface area (Å²) in [5.41, 5.74) is 3.62.